The average molecular weight is 206 g/mol. The topological polar surface area (TPSA) is 74.8 Å². The van der Waals surface area contributed by atoms with Gasteiger partial charge in [0.05, 0.1) is 24.2 Å². The van der Waals surface area contributed by atoms with E-state index in [2.05, 4.69) is 5.10 Å². The normalized spacial score (nSPS) is 10.7. The third-order valence-corrected chi connectivity index (χ3v) is 2.14. The Morgan fingerprint density at radius 3 is 3.00 bits per heavy atom. The van der Waals surface area contributed by atoms with Crippen LogP contribution in [-0.2, 0) is 17.8 Å². The Morgan fingerprint density at radius 2 is 2.33 bits per heavy atom. The molecule has 0 atom stereocenters. The fourth-order valence-corrected chi connectivity index (χ4v) is 1.50. The summed E-state index contributed by atoms with van der Waals surface area (Å²) < 4.78 is 1.57. The van der Waals surface area contributed by atoms with E-state index in [1.807, 2.05) is 0 Å². The predicted octanol–water partition coefficient (Wildman–Crippen LogP) is 0.454. The van der Waals surface area contributed by atoms with E-state index < -0.39 is 5.97 Å². The minimum atomic E-state index is -0.913. The minimum absolute atomic E-state index is 0.0808. The molecule has 2 N–H and O–H groups in total. The van der Waals surface area contributed by atoms with Crippen molar-refractivity contribution in [2.45, 2.75) is 13.0 Å². The van der Waals surface area contributed by atoms with Gasteiger partial charge in [-0.2, -0.15) is 5.10 Å². The number of carbonyl (C=O) groups is 1. The van der Waals surface area contributed by atoms with Gasteiger partial charge in [0.25, 0.3) is 0 Å². The molecule has 2 aromatic heterocycles. The first-order valence-electron chi connectivity index (χ1n) is 4.49. The molecule has 0 aliphatic carbocycles. The zero-order chi connectivity index (χ0) is 10.8. The minimum Gasteiger partial charge on any atom is -0.481 e. The van der Waals surface area contributed by atoms with Crippen LogP contribution in [0.2, 0.25) is 0 Å². The summed E-state index contributed by atoms with van der Waals surface area (Å²) in [4.78, 5) is 10.5. The van der Waals surface area contributed by atoms with E-state index in [4.69, 9.17) is 10.2 Å². The maximum atomic E-state index is 10.5. The third kappa shape index (κ3) is 1.82. The second-order valence-corrected chi connectivity index (χ2v) is 3.23. The van der Waals surface area contributed by atoms with Gasteiger partial charge in [0.2, 0.25) is 0 Å². The first-order chi connectivity index (χ1) is 7.20. The van der Waals surface area contributed by atoms with E-state index in [1.54, 1.807) is 28.9 Å². The summed E-state index contributed by atoms with van der Waals surface area (Å²) in [6.07, 6.45) is 1.62. The van der Waals surface area contributed by atoms with Crippen LogP contribution in [0.25, 0.3) is 5.52 Å². The van der Waals surface area contributed by atoms with E-state index in [-0.39, 0.29) is 13.0 Å². The average Bonchev–Trinajstić information content (AvgIpc) is 2.58. The van der Waals surface area contributed by atoms with Crippen LogP contribution in [0.5, 0.6) is 0 Å². The third-order valence-electron chi connectivity index (χ3n) is 2.14. The molecule has 2 aromatic rings. The van der Waals surface area contributed by atoms with Gasteiger partial charge in [-0.3, -0.25) is 4.79 Å². The highest BCUT2D eigenvalue weighted by atomic mass is 16.4. The van der Waals surface area contributed by atoms with Crippen LogP contribution in [0, 0.1) is 0 Å². The lowest BCUT2D eigenvalue weighted by molar-refractivity contribution is -0.136. The van der Waals surface area contributed by atoms with Gasteiger partial charge in [-0.15, -0.1) is 0 Å². The highest BCUT2D eigenvalue weighted by Gasteiger charge is 2.07. The second-order valence-electron chi connectivity index (χ2n) is 3.23. The van der Waals surface area contributed by atoms with Gasteiger partial charge in [-0.05, 0) is 12.1 Å². The van der Waals surface area contributed by atoms with Crippen molar-refractivity contribution in [1.82, 2.24) is 9.61 Å². The van der Waals surface area contributed by atoms with Crippen LogP contribution in [0.4, 0.5) is 0 Å². The molecule has 0 fully saturated rings. The SMILES string of the molecule is O=C(O)Cc1cc2c(CO)cccn2n1. The van der Waals surface area contributed by atoms with Gasteiger partial charge in [-0.25, -0.2) is 4.52 Å². The molecule has 2 rings (SSSR count). The molecule has 0 aliphatic heterocycles. The predicted molar refractivity (Wildman–Crippen MR) is 52.5 cm³/mol. The van der Waals surface area contributed by atoms with Crippen LogP contribution in [0.1, 0.15) is 11.3 Å². The number of hydrogen-bond donors (Lipinski definition) is 2. The maximum Gasteiger partial charge on any atom is 0.309 e. The molecule has 0 bridgehead atoms. The number of rotatable bonds is 3. The number of hydrogen-bond acceptors (Lipinski definition) is 3. The van der Waals surface area contributed by atoms with Gasteiger partial charge in [0.15, 0.2) is 0 Å². The van der Waals surface area contributed by atoms with E-state index in [0.29, 0.717) is 5.69 Å². The fraction of sp³-hybridized carbons (Fsp3) is 0.200. The number of nitrogens with zero attached hydrogens (tertiary/aromatic N) is 2. The van der Waals surface area contributed by atoms with Crippen LogP contribution >= 0.6 is 0 Å². The summed E-state index contributed by atoms with van der Waals surface area (Å²) in [5.74, 6) is -0.913. The van der Waals surface area contributed by atoms with E-state index in [1.165, 1.54) is 0 Å². The highest BCUT2D eigenvalue weighted by molar-refractivity contribution is 5.70. The Hall–Kier alpha value is -1.88. The molecule has 2 heterocycles. The molecular weight excluding hydrogens is 196 g/mol. The summed E-state index contributed by atoms with van der Waals surface area (Å²) in [6, 6.07) is 5.22. The summed E-state index contributed by atoms with van der Waals surface area (Å²) in [7, 11) is 0. The van der Waals surface area contributed by atoms with Gasteiger partial charge in [0, 0.05) is 11.8 Å². The number of carboxylic acid groups (broad SMARTS) is 1. The molecule has 15 heavy (non-hydrogen) atoms. The number of aliphatic hydroxyl groups is 1. The molecule has 0 unspecified atom stereocenters. The Balaban J connectivity index is 2.50. The first kappa shape index (κ1) is 9.67. The zero-order valence-electron chi connectivity index (χ0n) is 7.92. The Bertz CT molecular complexity index is 504. The largest absolute Gasteiger partial charge is 0.481 e. The van der Waals surface area contributed by atoms with Gasteiger partial charge in [0.1, 0.15) is 0 Å². The van der Waals surface area contributed by atoms with E-state index >= 15 is 0 Å². The Morgan fingerprint density at radius 1 is 1.53 bits per heavy atom. The maximum absolute atomic E-state index is 10.5. The number of aromatic nitrogens is 2. The molecule has 0 aromatic carbocycles. The molecule has 0 amide bonds. The standard InChI is InChI=1S/C10H10N2O3/c13-6-7-2-1-3-12-9(7)4-8(11-12)5-10(14)15/h1-4,13H,5-6H2,(H,14,15). The van der Waals surface area contributed by atoms with E-state index in [9.17, 15) is 4.79 Å². The molecule has 0 aliphatic rings. The van der Waals surface area contributed by atoms with Crippen molar-refractivity contribution in [3.63, 3.8) is 0 Å². The number of carboxylic acids is 1. The quantitative estimate of drug-likeness (QED) is 0.764. The number of aliphatic carboxylic acids is 1. The first-order valence-corrected chi connectivity index (χ1v) is 4.49. The summed E-state index contributed by atoms with van der Waals surface area (Å²) >= 11 is 0. The monoisotopic (exact) mass is 206 g/mol. The van der Waals surface area contributed by atoms with Gasteiger partial charge < -0.3 is 10.2 Å². The molecule has 0 radical (unpaired) electrons. The number of fused-ring (bicyclic) bond motifs is 1. The van der Waals surface area contributed by atoms with Gasteiger partial charge >= 0.3 is 5.97 Å². The summed E-state index contributed by atoms with van der Waals surface area (Å²) in [5.41, 5.74) is 1.97. The Labute approximate surface area is 85.6 Å². The van der Waals surface area contributed by atoms with E-state index in [0.717, 1.165) is 11.1 Å². The summed E-state index contributed by atoms with van der Waals surface area (Å²) in [6.45, 7) is -0.0808. The smallest absolute Gasteiger partial charge is 0.309 e. The van der Waals surface area contributed by atoms with Crippen LogP contribution < -0.4 is 0 Å². The Kier molecular flexibility index (Phi) is 2.39. The van der Waals surface area contributed by atoms with Crippen molar-refractivity contribution in [1.29, 1.82) is 0 Å². The summed E-state index contributed by atoms with van der Waals surface area (Å²) in [5, 5.41) is 21.8. The van der Waals surface area contributed by atoms with Gasteiger partial charge in [-0.1, -0.05) is 6.07 Å². The molecule has 5 heteroatoms. The van der Waals surface area contributed by atoms with Crippen LogP contribution in [0.3, 0.4) is 0 Å². The number of pyridine rings is 1. The molecular formula is C10H10N2O3. The van der Waals surface area contributed by atoms with Crippen molar-refractivity contribution >= 4 is 11.5 Å². The zero-order valence-corrected chi connectivity index (χ0v) is 7.92. The lowest BCUT2D eigenvalue weighted by atomic mass is 10.2. The molecule has 78 valence electrons. The second kappa shape index (κ2) is 3.70. The van der Waals surface area contributed by atoms with Crippen molar-refractivity contribution in [2.24, 2.45) is 0 Å². The molecule has 0 saturated carbocycles. The number of aliphatic hydroxyl groups excluding tert-OH is 1. The van der Waals surface area contributed by atoms with Crippen molar-refractivity contribution in [3.05, 3.63) is 35.7 Å². The van der Waals surface area contributed by atoms with Crippen LogP contribution in [0.15, 0.2) is 24.4 Å². The lowest BCUT2D eigenvalue weighted by Gasteiger charge is -1.97. The fourth-order valence-electron chi connectivity index (χ4n) is 1.50. The van der Waals surface area contributed by atoms with Crippen LogP contribution in [-0.4, -0.2) is 25.8 Å². The van der Waals surface area contributed by atoms with Crippen molar-refractivity contribution in [3.8, 4) is 0 Å². The highest BCUT2D eigenvalue weighted by Crippen LogP contribution is 2.12. The molecule has 5 nitrogen and oxygen atoms in total. The van der Waals surface area contributed by atoms with Crippen molar-refractivity contribution < 1.29 is 15.0 Å². The lowest BCUT2D eigenvalue weighted by Crippen LogP contribution is -2.00. The van der Waals surface area contributed by atoms with Crippen molar-refractivity contribution in [2.75, 3.05) is 0 Å². The molecule has 0 spiro atoms. The molecule has 0 saturated heterocycles.